The van der Waals surface area contributed by atoms with E-state index in [-0.39, 0.29) is 24.1 Å². The fourth-order valence-electron chi connectivity index (χ4n) is 1.26. The van der Waals surface area contributed by atoms with Crippen LogP contribution in [0.4, 0.5) is 24.5 Å². The summed E-state index contributed by atoms with van der Waals surface area (Å²) in [5.41, 5.74) is -2.58. The minimum absolute atomic E-state index is 0.0177. The van der Waals surface area contributed by atoms with Gasteiger partial charge in [-0.05, 0) is 24.2 Å². The zero-order valence-corrected chi connectivity index (χ0v) is 10.9. The van der Waals surface area contributed by atoms with E-state index in [0.29, 0.717) is 0 Å². The van der Waals surface area contributed by atoms with Gasteiger partial charge >= 0.3 is 5.51 Å². The predicted molar refractivity (Wildman–Crippen MR) is 70.0 cm³/mol. The highest BCUT2D eigenvalue weighted by Gasteiger charge is 2.27. The Morgan fingerprint density at radius 1 is 1.17 bits per heavy atom. The molecule has 0 amide bonds. The Balaban J connectivity index is 2.33. The van der Waals surface area contributed by atoms with Crippen LogP contribution >= 0.6 is 11.8 Å². The zero-order valence-electron chi connectivity index (χ0n) is 10.0. The van der Waals surface area contributed by atoms with E-state index in [4.69, 9.17) is 0 Å². The van der Waals surface area contributed by atoms with E-state index in [1.54, 1.807) is 12.4 Å². The SMILES string of the molecule is CCCNc1cncc(NCCSC(F)(F)F)c1. The number of thioether (sulfide) groups is 1. The first-order valence-electron chi connectivity index (χ1n) is 5.65. The standard InChI is InChI=1S/C11H16F3N3S/c1-2-3-16-9-6-10(8-15-7-9)17-4-5-18-11(12,13)14/h6-8,16-17H,2-5H2,1H3. The molecule has 0 saturated carbocycles. The van der Waals surface area contributed by atoms with Crippen LogP contribution in [-0.2, 0) is 0 Å². The normalized spacial score (nSPS) is 11.3. The number of aromatic nitrogens is 1. The smallest absolute Gasteiger partial charge is 0.384 e. The first-order valence-corrected chi connectivity index (χ1v) is 6.63. The van der Waals surface area contributed by atoms with Gasteiger partial charge in [0.25, 0.3) is 0 Å². The molecule has 0 aromatic carbocycles. The number of hydrogen-bond donors (Lipinski definition) is 2. The molecule has 0 fully saturated rings. The van der Waals surface area contributed by atoms with Crippen molar-refractivity contribution in [3.8, 4) is 0 Å². The van der Waals surface area contributed by atoms with Gasteiger partial charge in [-0.15, -0.1) is 0 Å². The van der Waals surface area contributed by atoms with Crippen molar-refractivity contribution in [2.75, 3.05) is 29.5 Å². The van der Waals surface area contributed by atoms with Gasteiger partial charge in [0.1, 0.15) is 0 Å². The average molecular weight is 279 g/mol. The van der Waals surface area contributed by atoms with Gasteiger partial charge in [-0.1, -0.05) is 6.92 Å². The number of halogens is 3. The molecule has 0 aliphatic carbocycles. The van der Waals surface area contributed by atoms with E-state index in [1.165, 1.54) is 0 Å². The number of nitrogens with zero attached hydrogens (tertiary/aromatic N) is 1. The van der Waals surface area contributed by atoms with Crippen molar-refractivity contribution >= 4 is 23.1 Å². The third kappa shape index (κ3) is 6.58. The quantitative estimate of drug-likeness (QED) is 0.748. The van der Waals surface area contributed by atoms with Crippen LogP contribution < -0.4 is 10.6 Å². The van der Waals surface area contributed by atoms with Crippen LogP contribution in [0.1, 0.15) is 13.3 Å². The summed E-state index contributed by atoms with van der Waals surface area (Å²) in [6.07, 6.45) is 4.28. The average Bonchev–Trinajstić information content (AvgIpc) is 2.31. The third-order valence-corrected chi connectivity index (χ3v) is 2.75. The van der Waals surface area contributed by atoms with Gasteiger partial charge in [-0.3, -0.25) is 4.98 Å². The summed E-state index contributed by atoms with van der Waals surface area (Å²) in [6, 6.07) is 1.83. The Morgan fingerprint density at radius 2 is 1.78 bits per heavy atom. The van der Waals surface area contributed by atoms with E-state index in [2.05, 4.69) is 22.5 Å². The molecule has 7 heteroatoms. The zero-order chi connectivity index (χ0) is 13.4. The topological polar surface area (TPSA) is 37.0 Å². The molecule has 0 unspecified atom stereocenters. The molecule has 0 aliphatic rings. The Bertz CT molecular complexity index is 358. The summed E-state index contributed by atoms with van der Waals surface area (Å²) in [6.45, 7) is 3.15. The van der Waals surface area contributed by atoms with Gasteiger partial charge < -0.3 is 10.6 Å². The highest BCUT2D eigenvalue weighted by Crippen LogP contribution is 2.29. The lowest BCUT2D eigenvalue weighted by Gasteiger charge is -2.09. The first kappa shape index (κ1) is 14.9. The molecule has 1 aromatic heterocycles. The van der Waals surface area contributed by atoms with Crippen LogP contribution in [0.2, 0.25) is 0 Å². The summed E-state index contributed by atoms with van der Waals surface area (Å²) in [5, 5.41) is 6.07. The number of rotatable bonds is 7. The lowest BCUT2D eigenvalue weighted by molar-refractivity contribution is -0.0327. The van der Waals surface area contributed by atoms with Crippen molar-refractivity contribution < 1.29 is 13.2 Å². The maximum absolute atomic E-state index is 11.9. The number of nitrogens with one attached hydrogen (secondary N) is 2. The molecule has 3 nitrogen and oxygen atoms in total. The van der Waals surface area contributed by atoms with Crippen LogP contribution in [0.25, 0.3) is 0 Å². The molecule has 0 saturated heterocycles. The van der Waals surface area contributed by atoms with E-state index in [1.807, 2.05) is 6.07 Å². The Morgan fingerprint density at radius 3 is 2.33 bits per heavy atom. The van der Waals surface area contributed by atoms with E-state index in [9.17, 15) is 13.2 Å². The molecular formula is C11H16F3N3S. The second-order valence-electron chi connectivity index (χ2n) is 3.61. The minimum atomic E-state index is -4.16. The largest absolute Gasteiger partial charge is 0.441 e. The number of hydrogen-bond acceptors (Lipinski definition) is 4. The van der Waals surface area contributed by atoms with Crippen LogP contribution in [0.15, 0.2) is 18.5 Å². The molecule has 1 aromatic rings. The van der Waals surface area contributed by atoms with Gasteiger partial charge in [-0.2, -0.15) is 13.2 Å². The predicted octanol–water partition coefficient (Wildman–Crippen LogP) is 3.57. The van der Waals surface area contributed by atoms with Crippen molar-refractivity contribution in [3.05, 3.63) is 18.5 Å². The van der Waals surface area contributed by atoms with Crippen molar-refractivity contribution in [2.45, 2.75) is 18.9 Å². The van der Waals surface area contributed by atoms with E-state index < -0.39 is 5.51 Å². The molecular weight excluding hydrogens is 263 g/mol. The van der Waals surface area contributed by atoms with Crippen molar-refractivity contribution in [3.63, 3.8) is 0 Å². The van der Waals surface area contributed by atoms with Crippen LogP contribution in [-0.4, -0.2) is 29.3 Å². The molecule has 0 radical (unpaired) electrons. The highest BCUT2D eigenvalue weighted by atomic mass is 32.2. The van der Waals surface area contributed by atoms with Gasteiger partial charge in [0.2, 0.25) is 0 Å². The molecule has 0 spiro atoms. The fourth-order valence-corrected chi connectivity index (χ4v) is 1.70. The number of alkyl halides is 3. The molecule has 18 heavy (non-hydrogen) atoms. The Kier molecular flexibility index (Phi) is 6.11. The van der Waals surface area contributed by atoms with Crippen LogP contribution in [0.3, 0.4) is 0 Å². The highest BCUT2D eigenvalue weighted by molar-refractivity contribution is 8.00. The molecule has 102 valence electrons. The van der Waals surface area contributed by atoms with Crippen molar-refractivity contribution in [1.82, 2.24) is 4.98 Å². The lowest BCUT2D eigenvalue weighted by Crippen LogP contribution is -2.10. The second-order valence-corrected chi connectivity index (χ2v) is 4.77. The van der Waals surface area contributed by atoms with Gasteiger partial charge in [-0.25, -0.2) is 0 Å². The monoisotopic (exact) mass is 279 g/mol. The van der Waals surface area contributed by atoms with Crippen molar-refractivity contribution in [1.29, 1.82) is 0 Å². The minimum Gasteiger partial charge on any atom is -0.384 e. The molecule has 0 atom stereocenters. The summed E-state index contributed by atoms with van der Waals surface area (Å²) in [7, 11) is 0. The Labute approximate surface area is 109 Å². The summed E-state index contributed by atoms with van der Waals surface area (Å²) in [5.74, 6) is -0.0177. The molecule has 0 bridgehead atoms. The summed E-state index contributed by atoms with van der Waals surface area (Å²) < 4.78 is 35.7. The molecule has 1 heterocycles. The summed E-state index contributed by atoms with van der Waals surface area (Å²) >= 11 is -0.0276. The second kappa shape index (κ2) is 7.35. The number of anilines is 2. The fraction of sp³-hybridized carbons (Fsp3) is 0.545. The molecule has 0 aliphatic heterocycles. The first-order chi connectivity index (χ1) is 8.51. The van der Waals surface area contributed by atoms with Crippen LogP contribution in [0.5, 0.6) is 0 Å². The molecule has 2 N–H and O–H groups in total. The maximum Gasteiger partial charge on any atom is 0.441 e. The lowest BCUT2D eigenvalue weighted by atomic mass is 10.3. The third-order valence-electron chi connectivity index (χ3n) is 2.01. The van der Waals surface area contributed by atoms with Gasteiger partial charge in [0, 0.05) is 18.8 Å². The van der Waals surface area contributed by atoms with Gasteiger partial charge in [0.15, 0.2) is 0 Å². The van der Waals surface area contributed by atoms with Crippen molar-refractivity contribution in [2.24, 2.45) is 0 Å². The van der Waals surface area contributed by atoms with E-state index >= 15 is 0 Å². The summed E-state index contributed by atoms with van der Waals surface area (Å²) in [4.78, 5) is 4.01. The Hall–Kier alpha value is -1.11. The van der Waals surface area contributed by atoms with Crippen LogP contribution in [0, 0.1) is 0 Å². The van der Waals surface area contributed by atoms with Gasteiger partial charge in [0.05, 0.1) is 23.8 Å². The number of pyridine rings is 1. The molecule has 1 rings (SSSR count). The maximum atomic E-state index is 11.9. The van der Waals surface area contributed by atoms with E-state index in [0.717, 1.165) is 24.3 Å².